The van der Waals surface area contributed by atoms with Gasteiger partial charge in [-0.05, 0) is 68.1 Å². The Labute approximate surface area is 188 Å². The fraction of sp³-hybridized carbons (Fsp3) is 0.400. The smallest absolute Gasteiger partial charge is 0.283 e. The van der Waals surface area contributed by atoms with Crippen LogP contribution in [0.2, 0.25) is 0 Å². The number of hydrogen-bond donors (Lipinski definition) is 1. The molecule has 1 aliphatic carbocycles. The van der Waals surface area contributed by atoms with Crippen molar-refractivity contribution in [2.75, 3.05) is 26.2 Å². The molecule has 6 heteroatoms. The molecular weight excluding hydrogens is 406 g/mol. The lowest BCUT2D eigenvalue weighted by Gasteiger charge is -2.30. The molecule has 0 aromatic heterocycles. The third kappa shape index (κ3) is 5.83. The van der Waals surface area contributed by atoms with Gasteiger partial charge in [0.15, 0.2) is 0 Å². The highest BCUT2D eigenvalue weighted by Gasteiger charge is 2.25. The third-order valence-electron chi connectivity index (χ3n) is 5.80. The quantitative estimate of drug-likeness (QED) is 0.540. The van der Waals surface area contributed by atoms with Crippen LogP contribution in [0, 0.1) is 5.92 Å². The average molecular weight is 436 g/mol. The molecule has 1 fully saturated rings. The summed E-state index contributed by atoms with van der Waals surface area (Å²) in [6.07, 6.45) is 13.2. The Hall–Kier alpha value is -2.44. The van der Waals surface area contributed by atoms with Crippen molar-refractivity contribution in [3.8, 4) is 0 Å². The molecule has 1 saturated heterocycles. The molecule has 2 atom stereocenters. The van der Waals surface area contributed by atoms with Gasteiger partial charge in [0, 0.05) is 18.7 Å². The van der Waals surface area contributed by atoms with E-state index in [1.165, 1.54) is 37.7 Å². The Morgan fingerprint density at radius 1 is 1.29 bits per heavy atom. The molecule has 31 heavy (non-hydrogen) atoms. The molecule has 3 aliphatic rings. The maximum Gasteiger partial charge on any atom is 0.283 e. The largest absolute Gasteiger partial charge is 0.352 e. The van der Waals surface area contributed by atoms with Crippen LogP contribution >= 0.6 is 11.8 Å². The lowest BCUT2D eigenvalue weighted by atomic mass is 10.0. The van der Waals surface area contributed by atoms with Gasteiger partial charge in [0.2, 0.25) is 0 Å². The number of thioether (sulfide) groups is 1. The molecule has 162 valence electrons. The van der Waals surface area contributed by atoms with Crippen molar-refractivity contribution in [1.29, 1.82) is 0 Å². The number of rotatable bonds is 6. The zero-order valence-electron chi connectivity index (χ0n) is 17.9. The molecule has 5 nitrogen and oxygen atoms in total. The Morgan fingerprint density at radius 2 is 2.13 bits per heavy atom. The summed E-state index contributed by atoms with van der Waals surface area (Å²) in [5.41, 5.74) is 2.33. The van der Waals surface area contributed by atoms with Crippen molar-refractivity contribution in [2.24, 2.45) is 10.9 Å². The monoisotopic (exact) mass is 435 g/mol. The molecule has 1 aromatic carbocycles. The molecule has 1 aromatic rings. The number of nitrogens with one attached hydrogen (secondary N) is 1. The standard InChI is InChI=1S/C25H29N3O2S/c1-18-6-4-14-28(17-18)15-5-13-26-24(29)20-11-9-19(10-12-20)16-23-25(30)27-21-7-2-3-8-22(21)31-23/h2-3,7-12,16,18,22H,4-6,13-15,17H2,1H3,(H,26,29)/b23-16+. The Balaban J connectivity index is 1.28. The predicted octanol–water partition coefficient (Wildman–Crippen LogP) is 4.09. The van der Waals surface area contributed by atoms with Gasteiger partial charge in [-0.3, -0.25) is 9.59 Å². The molecule has 0 saturated carbocycles. The summed E-state index contributed by atoms with van der Waals surface area (Å²) >= 11 is 1.51. The van der Waals surface area contributed by atoms with Crippen LogP contribution < -0.4 is 5.32 Å². The molecule has 4 rings (SSSR count). The van der Waals surface area contributed by atoms with Gasteiger partial charge >= 0.3 is 0 Å². The number of likely N-dealkylation sites (tertiary alicyclic amines) is 1. The maximum absolute atomic E-state index is 12.4. The summed E-state index contributed by atoms with van der Waals surface area (Å²) in [7, 11) is 0. The van der Waals surface area contributed by atoms with E-state index in [0.29, 0.717) is 17.0 Å². The average Bonchev–Trinajstić information content (AvgIpc) is 2.78. The minimum Gasteiger partial charge on any atom is -0.352 e. The van der Waals surface area contributed by atoms with E-state index in [0.717, 1.165) is 30.2 Å². The lowest BCUT2D eigenvalue weighted by molar-refractivity contribution is -0.113. The highest BCUT2D eigenvalue weighted by atomic mass is 32.2. The van der Waals surface area contributed by atoms with Gasteiger partial charge < -0.3 is 10.2 Å². The molecule has 2 aliphatic heterocycles. The fourth-order valence-electron chi connectivity index (χ4n) is 4.15. The number of piperidine rings is 1. The summed E-state index contributed by atoms with van der Waals surface area (Å²) in [4.78, 5) is 32.0. The van der Waals surface area contributed by atoms with Crippen molar-refractivity contribution in [1.82, 2.24) is 10.2 Å². The topological polar surface area (TPSA) is 61.8 Å². The first kappa shape index (κ1) is 21.8. The zero-order chi connectivity index (χ0) is 21.6. The second-order valence-electron chi connectivity index (χ2n) is 8.41. The third-order valence-corrected chi connectivity index (χ3v) is 7.00. The van der Waals surface area contributed by atoms with E-state index in [4.69, 9.17) is 0 Å². The van der Waals surface area contributed by atoms with E-state index in [9.17, 15) is 9.59 Å². The first-order valence-electron chi connectivity index (χ1n) is 11.1. The van der Waals surface area contributed by atoms with Gasteiger partial charge in [-0.2, -0.15) is 0 Å². The molecule has 1 N–H and O–H groups in total. The number of aliphatic imine (C=N–C) groups is 1. The number of carbonyl (C=O) groups is 2. The minimum absolute atomic E-state index is 0.0531. The second kappa shape index (κ2) is 10.2. The summed E-state index contributed by atoms with van der Waals surface area (Å²) in [6, 6.07) is 7.37. The van der Waals surface area contributed by atoms with E-state index in [2.05, 4.69) is 22.1 Å². The zero-order valence-corrected chi connectivity index (χ0v) is 18.7. The van der Waals surface area contributed by atoms with E-state index in [1.54, 1.807) is 0 Å². The molecule has 2 unspecified atom stereocenters. The fourth-order valence-corrected chi connectivity index (χ4v) is 5.19. The number of carbonyl (C=O) groups excluding carboxylic acids is 2. The van der Waals surface area contributed by atoms with Crippen molar-refractivity contribution >= 4 is 35.4 Å². The maximum atomic E-state index is 12.4. The first-order valence-corrected chi connectivity index (χ1v) is 11.9. The van der Waals surface area contributed by atoms with Gasteiger partial charge in [0.25, 0.3) is 11.8 Å². The van der Waals surface area contributed by atoms with Gasteiger partial charge in [0.05, 0.1) is 15.9 Å². The molecule has 0 radical (unpaired) electrons. The van der Waals surface area contributed by atoms with Crippen LogP contribution in [0.25, 0.3) is 6.08 Å². The summed E-state index contributed by atoms with van der Waals surface area (Å²) in [6.45, 7) is 6.39. The Kier molecular flexibility index (Phi) is 7.20. The second-order valence-corrected chi connectivity index (χ2v) is 9.60. The summed E-state index contributed by atoms with van der Waals surface area (Å²) < 4.78 is 0. The predicted molar refractivity (Wildman–Crippen MR) is 128 cm³/mol. The molecule has 0 bridgehead atoms. The molecular formula is C25H29N3O2S. The minimum atomic E-state index is -0.207. The van der Waals surface area contributed by atoms with Crippen molar-refractivity contribution in [3.63, 3.8) is 0 Å². The highest BCUT2D eigenvalue weighted by molar-refractivity contribution is 8.05. The van der Waals surface area contributed by atoms with Crippen LogP contribution in [0.3, 0.4) is 0 Å². The Morgan fingerprint density at radius 3 is 2.94 bits per heavy atom. The highest BCUT2D eigenvalue weighted by Crippen LogP contribution is 2.32. The van der Waals surface area contributed by atoms with Gasteiger partial charge in [-0.15, -0.1) is 11.8 Å². The molecule has 2 heterocycles. The summed E-state index contributed by atoms with van der Waals surface area (Å²) in [5, 5.41) is 3.11. The van der Waals surface area contributed by atoms with Crippen LogP contribution in [0.5, 0.6) is 0 Å². The SMILES string of the molecule is CC1CCCN(CCCNC(=O)c2ccc(/C=C3/SC4C=CC=CC4=NC3=O)cc2)C1. The molecule has 2 amide bonds. The normalized spacial score (nSPS) is 24.7. The number of hydrogen-bond acceptors (Lipinski definition) is 4. The number of benzene rings is 1. The first-order chi connectivity index (χ1) is 15.1. The number of allylic oxidation sites excluding steroid dienone is 3. The molecule has 0 spiro atoms. The van der Waals surface area contributed by atoms with Crippen LogP contribution in [0.15, 0.2) is 58.5 Å². The summed E-state index contributed by atoms with van der Waals surface area (Å²) in [5.74, 6) is 0.521. The Bertz CT molecular complexity index is 946. The van der Waals surface area contributed by atoms with Gasteiger partial charge in [0.1, 0.15) is 0 Å². The van der Waals surface area contributed by atoms with Crippen LogP contribution in [-0.2, 0) is 4.79 Å². The van der Waals surface area contributed by atoms with Gasteiger partial charge in [-0.25, -0.2) is 4.99 Å². The van der Waals surface area contributed by atoms with Crippen LogP contribution in [0.4, 0.5) is 0 Å². The van der Waals surface area contributed by atoms with Crippen molar-refractivity contribution < 1.29 is 9.59 Å². The lowest BCUT2D eigenvalue weighted by Crippen LogP contribution is -2.36. The van der Waals surface area contributed by atoms with Crippen molar-refractivity contribution in [2.45, 2.75) is 31.4 Å². The van der Waals surface area contributed by atoms with Crippen LogP contribution in [0.1, 0.15) is 42.1 Å². The number of amides is 2. The van der Waals surface area contributed by atoms with E-state index >= 15 is 0 Å². The van der Waals surface area contributed by atoms with Crippen molar-refractivity contribution in [3.05, 3.63) is 64.6 Å². The number of fused-ring (bicyclic) bond motifs is 1. The van der Waals surface area contributed by atoms with E-state index in [-0.39, 0.29) is 17.1 Å². The van der Waals surface area contributed by atoms with E-state index < -0.39 is 0 Å². The van der Waals surface area contributed by atoms with Gasteiger partial charge in [-0.1, -0.05) is 37.3 Å². The number of nitrogens with zero attached hydrogens (tertiary/aromatic N) is 2. The van der Waals surface area contributed by atoms with E-state index in [1.807, 2.05) is 54.6 Å². The van der Waals surface area contributed by atoms with Crippen LogP contribution in [-0.4, -0.2) is 53.9 Å².